The van der Waals surface area contributed by atoms with E-state index in [0.717, 1.165) is 17.7 Å². The Bertz CT molecular complexity index is 658. The molecular formula is C17H24Cl2N4O2. The van der Waals surface area contributed by atoms with Gasteiger partial charge in [0.1, 0.15) is 0 Å². The number of carbonyl (C=O) groups is 1. The summed E-state index contributed by atoms with van der Waals surface area (Å²) in [5.41, 5.74) is 7.65. The maximum atomic E-state index is 12.4. The number of amides is 1. The van der Waals surface area contributed by atoms with E-state index in [1.54, 1.807) is 12.5 Å². The van der Waals surface area contributed by atoms with E-state index < -0.39 is 5.54 Å². The fourth-order valence-electron chi connectivity index (χ4n) is 2.78. The summed E-state index contributed by atoms with van der Waals surface area (Å²) in [5.74, 6) is -0.0989. The van der Waals surface area contributed by atoms with E-state index in [1.807, 2.05) is 29.0 Å². The van der Waals surface area contributed by atoms with Gasteiger partial charge in [0, 0.05) is 38.7 Å². The minimum atomic E-state index is -0.808. The van der Waals surface area contributed by atoms with Crippen molar-refractivity contribution in [3.05, 3.63) is 54.1 Å². The highest BCUT2D eigenvalue weighted by atomic mass is 35.5. The van der Waals surface area contributed by atoms with Crippen LogP contribution in [0.2, 0.25) is 0 Å². The monoisotopic (exact) mass is 386 g/mol. The van der Waals surface area contributed by atoms with E-state index in [2.05, 4.69) is 16.4 Å². The number of hydrogen-bond acceptors (Lipinski definition) is 4. The normalized spacial score (nSPS) is 15.6. The summed E-state index contributed by atoms with van der Waals surface area (Å²) >= 11 is 0. The van der Waals surface area contributed by atoms with Gasteiger partial charge >= 0.3 is 0 Å². The van der Waals surface area contributed by atoms with Gasteiger partial charge in [0.05, 0.1) is 11.9 Å². The van der Waals surface area contributed by atoms with Crippen LogP contribution in [0.3, 0.4) is 0 Å². The second-order valence-electron chi connectivity index (χ2n) is 5.95. The van der Waals surface area contributed by atoms with Crippen LogP contribution < -0.4 is 11.1 Å². The molecule has 3 rings (SSSR count). The summed E-state index contributed by atoms with van der Waals surface area (Å²) in [6.45, 7) is 2.29. The predicted octanol–water partition coefficient (Wildman–Crippen LogP) is 1.90. The average molecular weight is 387 g/mol. The number of halogens is 2. The molecule has 3 N–H and O–H groups in total. The van der Waals surface area contributed by atoms with Crippen LogP contribution in [-0.2, 0) is 22.6 Å². The Morgan fingerprint density at radius 2 is 1.92 bits per heavy atom. The number of hydrogen-bond donors (Lipinski definition) is 2. The lowest BCUT2D eigenvalue weighted by molar-refractivity contribution is -0.129. The predicted molar refractivity (Wildman–Crippen MR) is 101 cm³/mol. The number of carbonyl (C=O) groups excluding carboxylic acids is 1. The molecule has 1 saturated heterocycles. The van der Waals surface area contributed by atoms with Crippen LogP contribution >= 0.6 is 24.8 Å². The van der Waals surface area contributed by atoms with Crippen LogP contribution in [0.1, 0.15) is 24.0 Å². The molecule has 0 spiro atoms. The first kappa shape index (κ1) is 21.4. The zero-order chi connectivity index (χ0) is 16.1. The van der Waals surface area contributed by atoms with Gasteiger partial charge in [0.25, 0.3) is 0 Å². The second kappa shape index (κ2) is 9.77. The Kier molecular flexibility index (Phi) is 8.38. The molecule has 1 fully saturated rings. The van der Waals surface area contributed by atoms with E-state index in [0.29, 0.717) is 32.6 Å². The standard InChI is InChI=1S/C17H22N4O2.2ClH/c18-17(5-9-23-10-6-17)16(22)20-11-14-3-1-2-4-15(14)12-21-8-7-19-13-21;;/h1-4,7-8,13H,5-6,9-12,18H2,(H,20,22);2*1H. The maximum Gasteiger partial charge on any atom is 0.240 e. The number of nitrogens with two attached hydrogens (primary N) is 1. The molecule has 0 radical (unpaired) electrons. The average Bonchev–Trinajstić information content (AvgIpc) is 3.07. The molecule has 1 aliphatic rings. The second-order valence-corrected chi connectivity index (χ2v) is 5.95. The highest BCUT2D eigenvalue weighted by Gasteiger charge is 2.35. The molecule has 8 heteroatoms. The highest BCUT2D eigenvalue weighted by Crippen LogP contribution is 2.18. The molecule has 138 valence electrons. The molecule has 2 aromatic rings. The third kappa shape index (κ3) is 5.44. The first-order chi connectivity index (χ1) is 11.2. The van der Waals surface area contributed by atoms with Crippen molar-refractivity contribution in [2.45, 2.75) is 31.5 Å². The van der Waals surface area contributed by atoms with Crippen molar-refractivity contribution >= 4 is 30.7 Å². The molecule has 1 aliphatic heterocycles. The zero-order valence-electron chi connectivity index (χ0n) is 13.9. The summed E-state index contributed by atoms with van der Waals surface area (Å²) in [4.78, 5) is 16.5. The Morgan fingerprint density at radius 1 is 1.24 bits per heavy atom. The molecule has 0 bridgehead atoms. The van der Waals surface area contributed by atoms with Crippen LogP contribution in [0.4, 0.5) is 0 Å². The minimum absolute atomic E-state index is 0. The molecule has 0 aliphatic carbocycles. The number of nitrogens with one attached hydrogen (secondary N) is 1. The smallest absolute Gasteiger partial charge is 0.240 e. The molecule has 0 atom stereocenters. The van der Waals surface area contributed by atoms with E-state index in [4.69, 9.17) is 10.5 Å². The molecule has 1 aromatic carbocycles. The van der Waals surface area contributed by atoms with Crippen molar-refractivity contribution in [2.24, 2.45) is 5.73 Å². The fraction of sp³-hybridized carbons (Fsp3) is 0.412. The van der Waals surface area contributed by atoms with E-state index in [1.165, 1.54) is 0 Å². The number of nitrogens with zero attached hydrogens (tertiary/aromatic N) is 2. The van der Waals surface area contributed by atoms with E-state index in [9.17, 15) is 4.79 Å². The van der Waals surface area contributed by atoms with Crippen LogP contribution in [0.5, 0.6) is 0 Å². The third-order valence-corrected chi connectivity index (χ3v) is 4.31. The zero-order valence-corrected chi connectivity index (χ0v) is 15.5. The molecule has 1 aromatic heterocycles. The van der Waals surface area contributed by atoms with Crippen molar-refractivity contribution in [1.29, 1.82) is 0 Å². The number of aromatic nitrogens is 2. The SMILES string of the molecule is Cl.Cl.NC1(C(=O)NCc2ccccc2Cn2ccnc2)CCOCC1. The lowest BCUT2D eigenvalue weighted by atomic mass is 9.90. The Balaban J connectivity index is 0.00000156. The number of benzene rings is 1. The number of imidazole rings is 1. The summed E-state index contributed by atoms with van der Waals surface area (Å²) in [6.07, 6.45) is 6.59. The van der Waals surface area contributed by atoms with Gasteiger partial charge in [-0.1, -0.05) is 24.3 Å². The van der Waals surface area contributed by atoms with Gasteiger partial charge in [0.2, 0.25) is 5.91 Å². The third-order valence-electron chi connectivity index (χ3n) is 4.31. The van der Waals surface area contributed by atoms with Crippen molar-refractivity contribution < 1.29 is 9.53 Å². The van der Waals surface area contributed by atoms with Crippen LogP contribution in [0.25, 0.3) is 0 Å². The molecular weight excluding hydrogens is 363 g/mol. The van der Waals surface area contributed by atoms with E-state index >= 15 is 0 Å². The van der Waals surface area contributed by atoms with Crippen molar-refractivity contribution in [2.75, 3.05) is 13.2 Å². The Hall–Kier alpha value is -1.60. The molecule has 0 saturated carbocycles. The van der Waals surface area contributed by atoms with Gasteiger partial charge < -0.3 is 20.4 Å². The Labute approximate surface area is 160 Å². The quantitative estimate of drug-likeness (QED) is 0.821. The molecule has 0 unspecified atom stereocenters. The Morgan fingerprint density at radius 3 is 2.56 bits per heavy atom. The van der Waals surface area contributed by atoms with Crippen molar-refractivity contribution in [3.63, 3.8) is 0 Å². The van der Waals surface area contributed by atoms with Gasteiger partial charge in [-0.2, -0.15) is 0 Å². The lowest BCUT2D eigenvalue weighted by Gasteiger charge is -2.31. The molecule has 25 heavy (non-hydrogen) atoms. The number of rotatable bonds is 5. The van der Waals surface area contributed by atoms with Crippen LogP contribution in [0.15, 0.2) is 43.0 Å². The van der Waals surface area contributed by atoms with Gasteiger partial charge in [-0.3, -0.25) is 4.79 Å². The topological polar surface area (TPSA) is 82.2 Å². The summed E-state index contributed by atoms with van der Waals surface area (Å²) in [7, 11) is 0. The van der Waals surface area contributed by atoms with Crippen LogP contribution in [-0.4, -0.2) is 34.2 Å². The summed E-state index contributed by atoms with van der Waals surface area (Å²) in [6, 6.07) is 8.07. The van der Waals surface area contributed by atoms with Crippen LogP contribution in [0, 0.1) is 0 Å². The summed E-state index contributed by atoms with van der Waals surface area (Å²) in [5, 5.41) is 2.98. The largest absolute Gasteiger partial charge is 0.381 e. The van der Waals surface area contributed by atoms with Gasteiger partial charge in [-0.05, 0) is 24.0 Å². The molecule has 6 nitrogen and oxygen atoms in total. The van der Waals surface area contributed by atoms with Crippen molar-refractivity contribution in [3.8, 4) is 0 Å². The fourth-order valence-corrected chi connectivity index (χ4v) is 2.78. The number of ether oxygens (including phenoxy) is 1. The van der Waals surface area contributed by atoms with Gasteiger partial charge in [0.15, 0.2) is 0 Å². The lowest BCUT2D eigenvalue weighted by Crippen LogP contribution is -2.56. The molecule has 1 amide bonds. The highest BCUT2D eigenvalue weighted by molar-refractivity contribution is 5.86. The molecule has 2 heterocycles. The first-order valence-corrected chi connectivity index (χ1v) is 7.85. The first-order valence-electron chi connectivity index (χ1n) is 7.85. The van der Waals surface area contributed by atoms with Gasteiger partial charge in [-0.15, -0.1) is 24.8 Å². The summed E-state index contributed by atoms with van der Waals surface area (Å²) < 4.78 is 7.29. The van der Waals surface area contributed by atoms with Crippen molar-refractivity contribution in [1.82, 2.24) is 14.9 Å². The van der Waals surface area contributed by atoms with Gasteiger partial charge in [-0.25, -0.2) is 4.98 Å². The minimum Gasteiger partial charge on any atom is -0.381 e. The maximum absolute atomic E-state index is 12.4. The van der Waals surface area contributed by atoms with E-state index in [-0.39, 0.29) is 30.7 Å².